The zero-order chi connectivity index (χ0) is 10.1. The van der Waals surface area contributed by atoms with Crippen molar-refractivity contribution < 1.29 is 14.7 Å². The summed E-state index contributed by atoms with van der Waals surface area (Å²) in [6, 6.07) is 4.31. The van der Waals surface area contributed by atoms with Gasteiger partial charge in [0.15, 0.2) is 11.5 Å². The number of nitrogen functional groups attached to an aromatic ring is 1. The lowest BCUT2D eigenvalue weighted by Crippen LogP contribution is -1.86. The van der Waals surface area contributed by atoms with Gasteiger partial charge in [0.1, 0.15) is 17.6 Å². The van der Waals surface area contributed by atoms with Gasteiger partial charge >= 0.3 is 0 Å². The van der Waals surface area contributed by atoms with Crippen LogP contribution >= 0.6 is 0 Å². The Bertz CT molecular complexity index is 465. The molecule has 2 aromatic rings. The maximum atomic E-state index is 9.24. The van der Waals surface area contributed by atoms with E-state index >= 15 is 0 Å². The van der Waals surface area contributed by atoms with Crippen molar-refractivity contribution in [1.29, 1.82) is 0 Å². The summed E-state index contributed by atoms with van der Waals surface area (Å²) < 4.78 is 4.65. The molecule has 0 radical (unpaired) electrons. The monoisotopic (exact) mass is 192 g/mol. The Morgan fingerprint density at radius 2 is 2.00 bits per heavy atom. The number of anilines is 1. The van der Waals surface area contributed by atoms with E-state index in [0.717, 1.165) is 0 Å². The molecular formula is C9H8N2O3. The van der Waals surface area contributed by atoms with Crippen LogP contribution < -0.4 is 5.73 Å². The first-order chi connectivity index (χ1) is 6.68. The molecule has 0 aliphatic rings. The Hall–Kier alpha value is -2.17. The van der Waals surface area contributed by atoms with Gasteiger partial charge in [0.25, 0.3) is 0 Å². The molecule has 0 atom stereocenters. The van der Waals surface area contributed by atoms with Gasteiger partial charge in [0.05, 0.1) is 0 Å². The number of nitrogens with two attached hydrogens (primary N) is 1. The van der Waals surface area contributed by atoms with E-state index in [1.807, 2.05) is 0 Å². The molecule has 0 aliphatic heterocycles. The van der Waals surface area contributed by atoms with Crippen molar-refractivity contribution in [2.75, 3.05) is 5.73 Å². The highest BCUT2D eigenvalue weighted by Crippen LogP contribution is 2.31. The molecule has 72 valence electrons. The zero-order valence-electron chi connectivity index (χ0n) is 7.14. The Morgan fingerprint density at radius 1 is 1.21 bits per heavy atom. The molecule has 5 nitrogen and oxygen atoms in total. The molecule has 1 heterocycles. The van der Waals surface area contributed by atoms with Gasteiger partial charge in [0, 0.05) is 5.56 Å². The van der Waals surface area contributed by atoms with Crippen LogP contribution in [0.2, 0.25) is 0 Å². The fraction of sp³-hybridized carbons (Fsp3) is 0. The number of nitrogens with zero attached hydrogens (tertiary/aromatic N) is 1. The summed E-state index contributed by atoms with van der Waals surface area (Å²) in [5.41, 5.74) is 6.98. The van der Waals surface area contributed by atoms with Crippen molar-refractivity contribution in [2.24, 2.45) is 0 Å². The van der Waals surface area contributed by atoms with E-state index in [4.69, 9.17) is 10.8 Å². The number of phenols is 2. The molecule has 2 rings (SSSR count). The minimum atomic E-state index is -0.218. The molecule has 0 saturated heterocycles. The van der Waals surface area contributed by atoms with Gasteiger partial charge in [-0.1, -0.05) is 5.16 Å². The molecule has 4 N–H and O–H groups in total. The van der Waals surface area contributed by atoms with Crippen LogP contribution in [0.3, 0.4) is 0 Å². The van der Waals surface area contributed by atoms with E-state index in [0.29, 0.717) is 16.9 Å². The molecule has 5 heteroatoms. The minimum absolute atomic E-state index is 0.184. The molecule has 14 heavy (non-hydrogen) atoms. The van der Waals surface area contributed by atoms with Gasteiger partial charge in [-0.05, 0) is 18.2 Å². The Labute approximate surface area is 79.4 Å². The number of aromatic hydroxyl groups is 2. The molecule has 0 aliphatic carbocycles. The van der Waals surface area contributed by atoms with E-state index in [2.05, 4.69) is 9.68 Å². The van der Waals surface area contributed by atoms with E-state index in [1.54, 1.807) is 6.07 Å². The Balaban J connectivity index is 2.53. The fourth-order valence-corrected chi connectivity index (χ4v) is 1.13. The van der Waals surface area contributed by atoms with Crippen molar-refractivity contribution in [3.05, 3.63) is 24.5 Å². The predicted molar refractivity (Wildman–Crippen MR) is 49.7 cm³/mol. The van der Waals surface area contributed by atoms with Crippen LogP contribution in [-0.4, -0.2) is 15.4 Å². The van der Waals surface area contributed by atoms with Crippen LogP contribution in [-0.2, 0) is 0 Å². The van der Waals surface area contributed by atoms with Crippen LogP contribution in [0, 0.1) is 0 Å². The maximum absolute atomic E-state index is 9.24. The molecule has 0 unspecified atom stereocenters. The maximum Gasteiger partial charge on any atom is 0.158 e. The van der Waals surface area contributed by atoms with E-state index in [9.17, 15) is 5.11 Å². The molecule has 0 bridgehead atoms. The summed E-state index contributed by atoms with van der Waals surface area (Å²) >= 11 is 0. The highest BCUT2D eigenvalue weighted by Gasteiger charge is 2.09. The zero-order valence-corrected chi connectivity index (χ0v) is 7.14. The Morgan fingerprint density at radius 3 is 2.57 bits per heavy atom. The summed E-state index contributed by atoms with van der Waals surface area (Å²) in [4.78, 5) is 0. The van der Waals surface area contributed by atoms with Crippen molar-refractivity contribution in [3.63, 3.8) is 0 Å². The van der Waals surface area contributed by atoms with Crippen molar-refractivity contribution in [1.82, 2.24) is 5.16 Å². The van der Waals surface area contributed by atoms with Crippen LogP contribution in [0.5, 0.6) is 11.5 Å². The quantitative estimate of drug-likeness (QED) is 0.593. The number of phenolic OH excluding ortho intramolecular Hbond substituents is 2. The second kappa shape index (κ2) is 2.95. The summed E-state index contributed by atoms with van der Waals surface area (Å²) in [6.07, 6.45) is 1.30. The topological polar surface area (TPSA) is 92.5 Å². The highest BCUT2D eigenvalue weighted by molar-refractivity contribution is 5.73. The third kappa shape index (κ3) is 1.24. The lowest BCUT2D eigenvalue weighted by atomic mass is 10.1. The molecule has 0 fully saturated rings. The number of benzene rings is 1. The molecule has 0 spiro atoms. The molecule has 0 saturated carbocycles. The number of aromatic nitrogens is 1. The first kappa shape index (κ1) is 8.43. The van der Waals surface area contributed by atoms with Crippen LogP contribution in [0.1, 0.15) is 0 Å². The van der Waals surface area contributed by atoms with Crippen LogP contribution in [0.25, 0.3) is 11.3 Å². The van der Waals surface area contributed by atoms with E-state index in [1.165, 1.54) is 18.4 Å². The van der Waals surface area contributed by atoms with E-state index < -0.39 is 0 Å². The van der Waals surface area contributed by atoms with Gasteiger partial charge in [-0.15, -0.1) is 0 Å². The molecule has 1 aromatic carbocycles. The van der Waals surface area contributed by atoms with Crippen molar-refractivity contribution in [2.45, 2.75) is 0 Å². The predicted octanol–water partition coefficient (Wildman–Crippen LogP) is 1.33. The Kier molecular flexibility index (Phi) is 1.78. The van der Waals surface area contributed by atoms with Gasteiger partial charge in [-0.2, -0.15) is 0 Å². The first-order valence-corrected chi connectivity index (χ1v) is 3.90. The van der Waals surface area contributed by atoms with Crippen molar-refractivity contribution in [3.8, 4) is 22.8 Å². The van der Waals surface area contributed by atoms with Crippen LogP contribution in [0.4, 0.5) is 5.69 Å². The minimum Gasteiger partial charge on any atom is -0.504 e. The normalized spacial score (nSPS) is 10.3. The van der Waals surface area contributed by atoms with Gasteiger partial charge < -0.3 is 20.5 Å². The van der Waals surface area contributed by atoms with Crippen LogP contribution in [0.15, 0.2) is 29.0 Å². The largest absolute Gasteiger partial charge is 0.504 e. The molecular weight excluding hydrogens is 184 g/mol. The SMILES string of the molecule is Nc1conc1-c1ccc(O)c(O)c1. The lowest BCUT2D eigenvalue weighted by molar-refractivity contribution is 0.403. The summed E-state index contributed by atoms with van der Waals surface area (Å²) in [7, 11) is 0. The van der Waals surface area contributed by atoms with Gasteiger partial charge in [-0.25, -0.2) is 0 Å². The lowest BCUT2D eigenvalue weighted by Gasteiger charge is -2.00. The number of hydrogen-bond acceptors (Lipinski definition) is 5. The molecule has 0 amide bonds. The summed E-state index contributed by atoms with van der Waals surface area (Å²) in [5, 5.41) is 22.0. The second-order valence-corrected chi connectivity index (χ2v) is 2.82. The average Bonchev–Trinajstić information content (AvgIpc) is 2.57. The van der Waals surface area contributed by atoms with Gasteiger partial charge in [-0.3, -0.25) is 0 Å². The summed E-state index contributed by atoms with van der Waals surface area (Å²) in [5.74, 6) is -0.402. The standard InChI is InChI=1S/C9H8N2O3/c10-6-4-14-11-9(6)5-1-2-7(12)8(13)3-5/h1-4,12-13H,10H2. The fourth-order valence-electron chi connectivity index (χ4n) is 1.13. The highest BCUT2D eigenvalue weighted by atomic mass is 16.5. The first-order valence-electron chi connectivity index (χ1n) is 3.90. The van der Waals surface area contributed by atoms with Gasteiger partial charge in [0.2, 0.25) is 0 Å². The molecule has 1 aromatic heterocycles. The number of rotatable bonds is 1. The summed E-state index contributed by atoms with van der Waals surface area (Å²) in [6.45, 7) is 0. The smallest absolute Gasteiger partial charge is 0.158 e. The third-order valence-corrected chi connectivity index (χ3v) is 1.85. The average molecular weight is 192 g/mol. The second-order valence-electron chi connectivity index (χ2n) is 2.82. The third-order valence-electron chi connectivity index (χ3n) is 1.85. The number of hydrogen-bond donors (Lipinski definition) is 3. The van der Waals surface area contributed by atoms with E-state index in [-0.39, 0.29) is 11.5 Å². The van der Waals surface area contributed by atoms with Crippen molar-refractivity contribution >= 4 is 5.69 Å².